The average molecular weight is 353 g/mol. The Morgan fingerprint density at radius 1 is 1.22 bits per heavy atom. The van der Waals surface area contributed by atoms with E-state index >= 15 is 0 Å². The van der Waals surface area contributed by atoms with E-state index in [1.165, 1.54) is 12.1 Å². The zero-order valence-electron chi connectivity index (χ0n) is 12.5. The summed E-state index contributed by atoms with van der Waals surface area (Å²) < 4.78 is 22.8. The monoisotopic (exact) mass is 352 g/mol. The standard InChI is InChI=1S/C16H17ClN2O3S/c1-11(12-6-4-7-14(9-12)23(18,21)22)19-16(20)10-13-5-2-3-8-15(13)17/h2-9,11H,10H2,1H3,(H,19,20)(H2,18,21,22)/t11-/m1/s1. The molecule has 0 aliphatic rings. The molecule has 23 heavy (non-hydrogen) atoms. The molecular formula is C16H17ClN2O3S. The lowest BCUT2D eigenvalue weighted by Crippen LogP contribution is -2.28. The molecule has 3 N–H and O–H groups in total. The molecule has 0 aliphatic carbocycles. The number of hydrogen-bond acceptors (Lipinski definition) is 3. The van der Waals surface area contributed by atoms with Crippen molar-refractivity contribution >= 4 is 27.5 Å². The molecule has 2 aromatic carbocycles. The van der Waals surface area contributed by atoms with Crippen LogP contribution in [0, 0.1) is 0 Å². The van der Waals surface area contributed by atoms with E-state index < -0.39 is 10.0 Å². The van der Waals surface area contributed by atoms with Crippen molar-refractivity contribution in [3.05, 3.63) is 64.7 Å². The Labute approximate surface area is 140 Å². The Hall–Kier alpha value is -1.89. The van der Waals surface area contributed by atoms with Crippen LogP contribution in [0.3, 0.4) is 0 Å². The minimum absolute atomic E-state index is 0.0159. The SMILES string of the molecule is C[C@@H](NC(=O)Cc1ccccc1Cl)c1cccc(S(N)(=O)=O)c1. The van der Waals surface area contributed by atoms with Crippen LogP contribution in [0.25, 0.3) is 0 Å². The molecule has 0 aliphatic heterocycles. The summed E-state index contributed by atoms with van der Waals surface area (Å²) in [5.74, 6) is -0.202. The van der Waals surface area contributed by atoms with Gasteiger partial charge in [-0.2, -0.15) is 0 Å². The van der Waals surface area contributed by atoms with E-state index in [1.807, 2.05) is 6.07 Å². The summed E-state index contributed by atoms with van der Waals surface area (Å²) in [7, 11) is -3.77. The Bertz CT molecular complexity index is 822. The molecule has 0 spiro atoms. The number of nitrogens with one attached hydrogen (secondary N) is 1. The van der Waals surface area contributed by atoms with Crippen LogP contribution < -0.4 is 10.5 Å². The highest BCUT2D eigenvalue weighted by Crippen LogP contribution is 2.18. The predicted octanol–water partition coefficient (Wildman–Crippen LogP) is 2.41. The summed E-state index contributed by atoms with van der Waals surface area (Å²) in [6.45, 7) is 1.77. The molecule has 122 valence electrons. The maximum atomic E-state index is 12.1. The molecule has 0 unspecified atom stereocenters. The fourth-order valence-electron chi connectivity index (χ4n) is 2.15. The Morgan fingerprint density at radius 3 is 2.57 bits per heavy atom. The first-order chi connectivity index (χ1) is 10.8. The van der Waals surface area contributed by atoms with Crippen molar-refractivity contribution in [2.45, 2.75) is 24.3 Å². The molecule has 0 fully saturated rings. The molecule has 0 radical (unpaired) electrons. The number of nitrogens with two attached hydrogens (primary N) is 1. The van der Waals surface area contributed by atoms with Gasteiger partial charge in [0.2, 0.25) is 15.9 Å². The smallest absolute Gasteiger partial charge is 0.238 e. The number of hydrogen-bond donors (Lipinski definition) is 2. The van der Waals surface area contributed by atoms with Crippen molar-refractivity contribution < 1.29 is 13.2 Å². The second-order valence-electron chi connectivity index (χ2n) is 5.17. The van der Waals surface area contributed by atoms with Crippen LogP contribution in [-0.4, -0.2) is 14.3 Å². The minimum atomic E-state index is -3.77. The van der Waals surface area contributed by atoms with Crippen LogP contribution >= 0.6 is 11.6 Å². The lowest BCUT2D eigenvalue weighted by Gasteiger charge is -2.15. The molecule has 2 aromatic rings. The first kappa shape index (κ1) is 17.5. The molecule has 0 bridgehead atoms. The highest BCUT2D eigenvalue weighted by atomic mass is 35.5. The zero-order chi connectivity index (χ0) is 17.0. The number of rotatable bonds is 5. The van der Waals surface area contributed by atoms with Gasteiger partial charge < -0.3 is 5.32 Å². The number of benzene rings is 2. The molecule has 0 saturated heterocycles. The largest absolute Gasteiger partial charge is 0.349 e. The number of carbonyl (C=O) groups excluding carboxylic acids is 1. The quantitative estimate of drug-likeness (QED) is 0.865. The maximum Gasteiger partial charge on any atom is 0.238 e. The summed E-state index contributed by atoms with van der Waals surface area (Å²) >= 11 is 6.03. The highest BCUT2D eigenvalue weighted by molar-refractivity contribution is 7.89. The van der Waals surface area contributed by atoms with E-state index in [1.54, 1.807) is 37.3 Å². The topological polar surface area (TPSA) is 89.3 Å². The second kappa shape index (κ2) is 7.12. The third-order valence-electron chi connectivity index (χ3n) is 3.37. The van der Waals surface area contributed by atoms with Crippen molar-refractivity contribution in [1.29, 1.82) is 0 Å². The normalized spacial score (nSPS) is 12.7. The van der Waals surface area contributed by atoms with E-state index in [2.05, 4.69) is 5.32 Å². The van der Waals surface area contributed by atoms with Gasteiger partial charge in [-0.25, -0.2) is 13.6 Å². The molecule has 0 aromatic heterocycles. The van der Waals surface area contributed by atoms with E-state index in [0.717, 1.165) is 5.56 Å². The molecule has 7 heteroatoms. The van der Waals surface area contributed by atoms with Gasteiger partial charge >= 0.3 is 0 Å². The van der Waals surface area contributed by atoms with Crippen LogP contribution in [0.15, 0.2) is 53.4 Å². The first-order valence-corrected chi connectivity index (χ1v) is 8.85. The summed E-state index contributed by atoms with van der Waals surface area (Å²) in [4.78, 5) is 12.1. The average Bonchev–Trinajstić information content (AvgIpc) is 2.49. The molecule has 2 rings (SSSR count). The second-order valence-corrected chi connectivity index (χ2v) is 7.14. The first-order valence-electron chi connectivity index (χ1n) is 6.93. The molecule has 5 nitrogen and oxygen atoms in total. The summed E-state index contributed by atoms with van der Waals surface area (Å²) in [5, 5.41) is 8.47. The fourth-order valence-corrected chi connectivity index (χ4v) is 2.92. The van der Waals surface area contributed by atoms with E-state index in [0.29, 0.717) is 10.6 Å². The van der Waals surface area contributed by atoms with Gasteiger partial charge in [-0.1, -0.05) is 41.9 Å². The Morgan fingerprint density at radius 2 is 1.91 bits per heavy atom. The van der Waals surface area contributed by atoms with Gasteiger partial charge in [0.25, 0.3) is 0 Å². The number of carbonyl (C=O) groups is 1. The van der Waals surface area contributed by atoms with Crippen molar-refractivity contribution in [3.8, 4) is 0 Å². The number of sulfonamides is 1. The van der Waals surface area contributed by atoms with Gasteiger partial charge in [-0.3, -0.25) is 4.79 Å². The van der Waals surface area contributed by atoms with Crippen molar-refractivity contribution in [1.82, 2.24) is 5.32 Å². The lowest BCUT2D eigenvalue weighted by molar-refractivity contribution is -0.121. The summed E-state index contributed by atoms with van der Waals surface area (Å²) in [6, 6.07) is 13.0. The van der Waals surface area contributed by atoms with Gasteiger partial charge in [0, 0.05) is 5.02 Å². The van der Waals surface area contributed by atoms with Crippen molar-refractivity contribution in [2.24, 2.45) is 5.14 Å². The van der Waals surface area contributed by atoms with Crippen LogP contribution in [0.1, 0.15) is 24.1 Å². The van der Waals surface area contributed by atoms with Crippen LogP contribution in [0.2, 0.25) is 5.02 Å². The molecule has 1 atom stereocenters. The van der Waals surface area contributed by atoms with E-state index in [9.17, 15) is 13.2 Å². The van der Waals surface area contributed by atoms with Crippen LogP contribution in [0.5, 0.6) is 0 Å². The van der Waals surface area contributed by atoms with Crippen LogP contribution in [0.4, 0.5) is 0 Å². The lowest BCUT2D eigenvalue weighted by atomic mass is 10.1. The minimum Gasteiger partial charge on any atom is -0.349 e. The van der Waals surface area contributed by atoms with Gasteiger partial charge in [-0.15, -0.1) is 0 Å². The third-order valence-corrected chi connectivity index (χ3v) is 4.65. The molecule has 0 saturated carbocycles. The summed E-state index contributed by atoms with van der Waals surface area (Å²) in [5.41, 5.74) is 1.39. The highest BCUT2D eigenvalue weighted by Gasteiger charge is 2.14. The van der Waals surface area contributed by atoms with Crippen molar-refractivity contribution in [2.75, 3.05) is 0 Å². The number of halogens is 1. The predicted molar refractivity (Wildman–Crippen MR) is 89.5 cm³/mol. The number of primary sulfonamides is 1. The van der Waals surface area contributed by atoms with Crippen molar-refractivity contribution in [3.63, 3.8) is 0 Å². The Kier molecular flexibility index (Phi) is 5.41. The molecule has 1 amide bonds. The van der Waals surface area contributed by atoms with Gasteiger partial charge in [-0.05, 0) is 36.2 Å². The van der Waals surface area contributed by atoms with Gasteiger partial charge in [0.05, 0.1) is 17.4 Å². The summed E-state index contributed by atoms with van der Waals surface area (Å²) in [6.07, 6.45) is 0.152. The third kappa shape index (κ3) is 4.79. The van der Waals surface area contributed by atoms with E-state index in [4.69, 9.17) is 16.7 Å². The fraction of sp³-hybridized carbons (Fsp3) is 0.188. The Balaban J connectivity index is 2.08. The zero-order valence-corrected chi connectivity index (χ0v) is 14.1. The molecule has 0 heterocycles. The van der Waals surface area contributed by atoms with Crippen LogP contribution in [-0.2, 0) is 21.2 Å². The number of amides is 1. The molecular weight excluding hydrogens is 336 g/mol. The maximum absolute atomic E-state index is 12.1. The van der Waals surface area contributed by atoms with E-state index in [-0.39, 0.29) is 23.3 Å². The van der Waals surface area contributed by atoms with Gasteiger partial charge in [0.15, 0.2) is 0 Å². The van der Waals surface area contributed by atoms with Gasteiger partial charge in [0.1, 0.15) is 0 Å².